The monoisotopic (exact) mass is 544 g/mol. The molecule has 33 heavy (non-hydrogen) atoms. The third-order valence-corrected chi connectivity index (χ3v) is 6.93. The molecule has 4 unspecified atom stereocenters. The van der Waals surface area contributed by atoms with E-state index in [-0.39, 0.29) is 59.2 Å². The number of fused-ring (bicyclic) bond motifs is 1. The maximum Gasteiger partial charge on any atom is 0.490 e. The van der Waals surface area contributed by atoms with Gasteiger partial charge in [0.15, 0.2) is 30.0 Å². The molecule has 179 valence electrons. The zero-order valence-electron chi connectivity index (χ0n) is 16.2. The van der Waals surface area contributed by atoms with Crippen LogP contribution in [0.1, 0.15) is 6.23 Å². The van der Waals surface area contributed by atoms with Crippen LogP contribution in [0.25, 0.3) is 11.2 Å². The summed E-state index contributed by atoms with van der Waals surface area (Å²) >= 11 is 0. The summed E-state index contributed by atoms with van der Waals surface area (Å²) in [6, 6.07) is 0. The van der Waals surface area contributed by atoms with E-state index < -0.39 is 48.0 Å². The van der Waals surface area contributed by atoms with Crippen molar-refractivity contribution in [3.05, 3.63) is 16.7 Å². The van der Waals surface area contributed by atoms with Crippen molar-refractivity contribution >= 4 is 82.7 Å². The van der Waals surface area contributed by atoms with E-state index in [4.69, 9.17) is 25.2 Å². The maximum atomic E-state index is 11.8. The van der Waals surface area contributed by atoms with Gasteiger partial charge in [-0.3, -0.25) is 23.7 Å². The number of nitrogens with one attached hydrogen (secondary N) is 1. The number of aldehydes is 2. The Morgan fingerprint density at radius 1 is 1.12 bits per heavy atom. The van der Waals surface area contributed by atoms with E-state index in [0.29, 0.717) is 0 Å². The van der Waals surface area contributed by atoms with Gasteiger partial charge in [-0.1, -0.05) is 0 Å². The Morgan fingerprint density at radius 3 is 2.30 bits per heavy atom. The van der Waals surface area contributed by atoms with Crippen molar-refractivity contribution in [3.63, 3.8) is 0 Å². The van der Waals surface area contributed by atoms with Gasteiger partial charge in [0.25, 0.3) is 5.56 Å². The van der Waals surface area contributed by atoms with Crippen molar-refractivity contribution in [3.8, 4) is 0 Å². The van der Waals surface area contributed by atoms with Crippen molar-refractivity contribution in [2.24, 2.45) is 0 Å². The number of aromatic amines is 1. The third-order valence-electron chi connectivity index (χ3n) is 3.13. The number of ether oxygens (including phenoxy) is 1. The van der Waals surface area contributed by atoms with Gasteiger partial charge in [-0.25, -0.2) is 18.7 Å². The molecule has 0 bridgehead atoms. The molecule has 0 amide bonds. The van der Waals surface area contributed by atoms with Gasteiger partial charge in [-0.15, -0.1) is 0 Å². The van der Waals surface area contributed by atoms with Gasteiger partial charge in [-0.05, 0) is 0 Å². The van der Waals surface area contributed by atoms with Crippen molar-refractivity contribution in [2.75, 3.05) is 12.3 Å². The number of imidazole rings is 1. The summed E-state index contributed by atoms with van der Waals surface area (Å²) in [6.45, 7) is -1.15. The van der Waals surface area contributed by atoms with Crippen LogP contribution in [0.15, 0.2) is 11.1 Å². The molecule has 2 rings (SSSR count). The summed E-state index contributed by atoms with van der Waals surface area (Å²) in [5.41, 5.74) is 4.24. The molecular formula is C10H14N5NaO14P3. The van der Waals surface area contributed by atoms with Crippen molar-refractivity contribution in [1.82, 2.24) is 19.5 Å². The number of aromatic nitrogens is 4. The molecule has 2 heterocycles. The number of hydrogen-bond acceptors (Lipinski definition) is 13. The largest absolute Gasteiger partial charge is 0.490 e. The zero-order chi connectivity index (χ0) is 24.3. The van der Waals surface area contributed by atoms with Gasteiger partial charge in [0.1, 0.15) is 6.10 Å². The molecule has 1 radical (unpaired) electrons. The summed E-state index contributed by atoms with van der Waals surface area (Å²) in [5, 5.41) is 0. The summed E-state index contributed by atoms with van der Waals surface area (Å²) in [4.78, 5) is 79.4. The molecule has 0 aromatic carbocycles. The number of carbonyl (C=O) groups excluding carboxylic acids is 2. The summed E-state index contributed by atoms with van der Waals surface area (Å²) in [7, 11) is -16.9. The Kier molecular flexibility index (Phi) is 10.4. The summed E-state index contributed by atoms with van der Waals surface area (Å²) < 4.78 is 50.8. The van der Waals surface area contributed by atoms with Crippen LogP contribution in [-0.2, 0) is 41.2 Å². The minimum atomic E-state index is -5.77. The molecule has 0 aliphatic carbocycles. The molecule has 0 aliphatic heterocycles. The van der Waals surface area contributed by atoms with Crippen LogP contribution in [-0.4, -0.2) is 93.9 Å². The van der Waals surface area contributed by atoms with Crippen LogP contribution < -0.4 is 11.3 Å². The first-order valence-electron chi connectivity index (χ1n) is 7.73. The molecule has 7 N–H and O–H groups in total. The topological polar surface area (TPSA) is 293 Å². The number of carbonyl (C=O) groups is 2. The fraction of sp³-hybridized carbons (Fsp3) is 0.300. The van der Waals surface area contributed by atoms with Gasteiger partial charge in [0.05, 0.1) is 12.9 Å². The molecule has 4 atom stereocenters. The number of anilines is 1. The first-order chi connectivity index (χ1) is 14.7. The van der Waals surface area contributed by atoms with E-state index in [0.717, 1.165) is 10.9 Å². The van der Waals surface area contributed by atoms with Gasteiger partial charge in [0.2, 0.25) is 5.95 Å². The number of nitrogens with zero attached hydrogens (tertiary/aromatic N) is 3. The number of H-pyrrole nitrogens is 1. The Morgan fingerprint density at radius 2 is 1.76 bits per heavy atom. The molecule has 2 aromatic heterocycles. The fourth-order valence-corrected chi connectivity index (χ4v) is 5.08. The number of phosphoric ester groups is 1. The first kappa shape index (κ1) is 29.9. The molecule has 0 spiro atoms. The molecular weight excluding hydrogens is 530 g/mol. The molecule has 0 aliphatic rings. The van der Waals surface area contributed by atoms with Gasteiger partial charge in [-0.2, -0.15) is 13.6 Å². The minimum Gasteiger partial charge on any atom is -0.369 e. The van der Waals surface area contributed by atoms with Crippen LogP contribution in [0.5, 0.6) is 0 Å². The minimum absolute atomic E-state index is 0. The molecule has 0 saturated carbocycles. The predicted molar refractivity (Wildman–Crippen MR) is 104 cm³/mol. The average Bonchev–Trinajstić information content (AvgIpc) is 3.03. The van der Waals surface area contributed by atoms with Gasteiger partial charge < -0.3 is 34.8 Å². The van der Waals surface area contributed by atoms with Crippen molar-refractivity contribution in [2.45, 2.75) is 12.3 Å². The van der Waals surface area contributed by atoms with Crippen LogP contribution in [0.2, 0.25) is 0 Å². The van der Waals surface area contributed by atoms with E-state index >= 15 is 0 Å². The molecule has 19 nitrogen and oxygen atoms in total. The quantitative estimate of drug-likeness (QED) is 0.0951. The van der Waals surface area contributed by atoms with Crippen LogP contribution in [0, 0.1) is 0 Å². The SMILES string of the molecule is Nc1nc2c(ncn2C(C=O)OC(C=O)COP(=O)(O)OP(=O)(O)OP(=O)(O)O)c(=O)[nH]1.[Na]. The second kappa shape index (κ2) is 11.5. The predicted octanol–water partition coefficient (Wildman–Crippen LogP) is -2.05. The number of nitrogens with two attached hydrogens (primary N) is 1. The number of phosphoric acid groups is 3. The molecule has 2 aromatic rings. The normalized spacial score (nSPS) is 17.3. The Bertz CT molecular complexity index is 1210. The Hall–Kier alpha value is -1.14. The molecule has 0 fully saturated rings. The second-order valence-corrected chi connectivity index (χ2v) is 9.92. The van der Waals surface area contributed by atoms with Crippen LogP contribution >= 0.6 is 23.5 Å². The van der Waals surface area contributed by atoms with E-state index in [1.165, 1.54) is 0 Å². The second-order valence-electron chi connectivity index (χ2n) is 5.50. The van der Waals surface area contributed by atoms with Gasteiger partial charge >= 0.3 is 23.5 Å². The van der Waals surface area contributed by atoms with Crippen LogP contribution in [0.3, 0.4) is 0 Å². The standard InChI is InChI=1S/C10H14N5O14P3.Na/c11-10-13-8-7(9(18)14-10)12-4-15(8)6(2-17)27-5(1-16)3-26-31(22,23)29-32(24,25)28-30(19,20)21;/h1-2,4-6H,3H2,(H,22,23)(H,24,25)(H2,19,20,21)(H3,11,13,14,18);. The van der Waals surface area contributed by atoms with Gasteiger partial charge in [0, 0.05) is 29.6 Å². The number of rotatable bonds is 12. The van der Waals surface area contributed by atoms with E-state index in [9.17, 15) is 33.0 Å². The van der Waals surface area contributed by atoms with Crippen molar-refractivity contribution in [1.29, 1.82) is 0 Å². The van der Waals surface area contributed by atoms with E-state index in [1.54, 1.807) is 0 Å². The Balaban J connectivity index is 0.00000544. The zero-order valence-corrected chi connectivity index (χ0v) is 20.9. The van der Waals surface area contributed by atoms with E-state index in [2.05, 4.69) is 28.1 Å². The third kappa shape index (κ3) is 8.86. The molecule has 0 saturated heterocycles. The smallest absolute Gasteiger partial charge is 0.369 e. The summed E-state index contributed by atoms with van der Waals surface area (Å²) in [6.07, 6.45) is -2.35. The van der Waals surface area contributed by atoms with E-state index in [1.807, 2.05) is 0 Å². The Labute approximate surface area is 204 Å². The summed E-state index contributed by atoms with van der Waals surface area (Å²) in [5.74, 6) is -0.325. The van der Waals surface area contributed by atoms with Crippen LogP contribution in [0.4, 0.5) is 5.95 Å². The molecule has 23 heteroatoms. The number of hydrogen-bond donors (Lipinski definition) is 6. The van der Waals surface area contributed by atoms with Crippen molar-refractivity contribution < 1.29 is 60.7 Å². The number of nitrogen functional groups attached to an aromatic ring is 1. The first-order valence-corrected chi connectivity index (χ1v) is 12.3. The maximum absolute atomic E-state index is 11.8. The fourth-order valence-electron chi connectivity index (χ4n) is 2.05. The average molecular weight is 544 g/mol.